The second-order valence-electron chi connectivity index (χ2n) is 11.1. The van der Waals surface area contributed by atoms with E-state index in [9.17, 15) is 19.1 Å². The van der Waals surface area contributed by atoms with E-state index >= 15 is 0 Å². The number of esters is 1. The molecule has 3 aromatic carbocycles. The third-order valence-corrected chi connectivity index (χ3v) is 8.38. The van der Waals surface area contributed by atoms with E-state index in [0.29, 0.717) is 61.7 Å². The summed E-state index contributed by atoms with van der Waals surface area (Å²) in [6.07, 6.45) is 3.21. The number of nitrogens with zero attached hydrogens (tertiary/aromatic N) is 3. The fourth-order valence-corrected chi connectivity index (χ4v) is 5.92. The Kier molecular flexibility index (Phi) is 7.67. The molecule has 2 aliphatic rings. The third kappa shape index (κ3) is 5.73. The zero-order valence-electron chi connectivity index (χ0n) is 23.8. The molecule has 9 nitrogen and oxygen atoms in total. The number of fused-ring (bicyclic) bond motifs is 1. The Morgan fingerprint density at radius 2 is 1.70 bits per heavy atom. The number of aromatic nitrogens is 2. The number of para-hydroxylation sites is 1. The fourth-order valence-electron chi connectivity index (χ4n) is 5.92. The maximum Gasteiger partial charge on any atom is 0.312 e. The largest absolute Gasteiger partial charge is 0.507 e. The van der Waals surface area contributed by atoms with Crippen molar-refractivity contribution < 1.29 is 23.8 Å². The van der Waals surface area contributed by atoms with E-state index in [2.05, 4.69) is 20.3 Å². The van der Waals surface area contributed by atoms with Crippen molar-refractivity contribution in [3.8, 4) is 28.3 Å². The number of H-pyrrole nitrogens is 1. The SMILES string of the molecule is COC(=O)C1(Cc2ccc(F)cc2)CCN(C(=O)Cc2ccc(-c3cccc(-c4nc5c([nH]4)CN=CN5)c3O)cc2)CC1. The maximum absolute atomic E-state index is 13.4. The van der Waals surface area contributed by atoms with E-state index in [1.807, 2.05) is 42.5 Å². The summed E-state index contributed by atoms with van der Waals surface area (Å²) in [6, 6.07) is 19.3. The smallest absolute Gasteiger partial charge is 0.312 e. The summed E-state index contributed by atoms with van der Waals surface area (Å²) in [5.41, 5.74) is 3.87. The number of amides is 1. The molecule has 220 valence electrons. The second-order valence-corrected chi connectivity index (χ2v) is 11.1. The van der Waals surface area contributed by atoms with Gasteiger partial charge in [-0.25, -0.2) is 9.37 Å². The Morgan fingerprint density at radius 3 is 2.40 bits per heavy atom. The zero-order valence-corrected chi connectivity index (χ0v) is 23.8. The van der Waals surface area contributed by atoms with Gasteiger partial charge in [0.15, 0.2) is 5.82 Å². The Balaban J connectivity index is 1.11. The molecule has 0 atom stereocenters. The Bertz CT molecular complexity index is 1650. The van der Waals surface area contributed by atoms with Gasteiger partial charge in [-0.05, 0) is 54.2 Å². The number of aromatic amines is 1. The molecule has 3 N–H and O–H groups in total. The molecular weight excluding hydrogens is 549 g/mol. The highest BCUT2D eigenvalue weighted by atomic mass is 19.1. The predicted molar refractivity (Wildman–Crippen MR) is 161 cm³/mol. The van der Waals surface area contributed by atoms with Crippen LogP contribution in [0.1, 0.15) is 29.7 Å². The minimum Gasteiger partial charge on any atom is -0.507 e. The van der Waals surface area contributed by atoms with Crippen LogP contribution in [0, 0.1) is 11.2 Å². The van der Waals surface area contributed by atoms with Crippen molar-refractivity contribution in [1.29, 1.82) is 0 Å². The summed E-state index contributed by atoms with van der Waals surface area (Å²) < 4.78 is 18.5. The number of carbonyl (C=O) groups excluding carboxylic acids is 2. The Hall–Kier alpha value is -4.99. The van der Waals surface area contributed by atoms with Crippen molar-refractivity contribution in [2.45, 2.75) is 32.2 Å². The number of hydrogen-bond acceptors (Lipinski definition) is 7. The number of anilines is 1. The van der Waals surface area contributed by atoms with Crippen LogP contribution in [0.25, 0.3) is 22.5 Å². The van der Waals surface area contributed by atoms with Gasteiger partial charge in [-0.2, -0.15) is 0 Å². The average molecular weight is 582 g/mol. The first kappa shape index (κ1) is 28.1. The second kappa shape index (κ2) is 11.7. The molecule has 1 saturated heterocycles. The molecule has 0 saturated carbocycles. The van der Waals surface area contributed by atoms with Gasteiger partial charge < -0.3 is 25.0 Å². The number of phenolic OH excluding ortho intramolecular Hbond substituents is 1. The highest BCUT2D eigenvalue weighted by Crippen LogP contribution is 2.39. The van der Waals surface area contributed by atoms with E-state index in [0.717, 1.165) is 22.4 Å². The van der Waals surface area contributed by atoms with Crippen LogP contribution in [0.5, 0.6) is 5.75 Å². The van der Waals surface area contributed by atoms with Gasteiger partial charge in [-0.15, -0.1) is 0 Å². The lowest BCUT2D eigenvalue weighted by Gasteiger charge is -2.40. The van der Waals surface area contributed by atoms with Gasteiger partial charge in [0, 0.05) is 18.7 Å². The standard InChI is InChI=1S/C33H32FN5O4/c1-43-32(42)33(18-22-7-11-24(34)12-8-22)13-15-39(16-14-33)28(40)17-21-5-9-23(10-6-21)25-3-2-4-26(29(25)41)30-37-27-19-35-20-36-31(27)38-30/h2-12,20,41H,13-19H2,1H3,(H,35,36)(H,37,38). The van der Waals surface area contributed by atoms with Crippen LogP contribution in [-0.4, -0.2) is 58.4 Å². The lowest BCUT2D eigenvalue weighted by molar-refractivity contribution is -0.157. The number of piperidine rings is 1. The minimum absolute atomic E-state index is 0.0165. The zero-order chi connectivity index (χ0) is 30.0. The lowest BCUT2D eigenvalue weighted by atomic mass is 9.73. The number of imidazole rings is 1. The van der Waals surface area contributed by atoms with Gasteiger partial charge >= 0.3 is 5.97 Å². The molecule has 3 heterocycles. The number of likely N-dealkylation sites (tertiary alicyclic amines) is 1. The summed E-state index contributed by atoms with van der Waals surface area (Å²) in [7, 11) is 1.38. The molecule has 0 bridgehead atoms. The molecule has 0 unspecified atom stereocenters. The molecule has 1 amide bonds. The number of halogens is 1. The topological polar surface area (TPSA) is 120 Å². The average Bonchev–Trinajstić information content (AvgIpc) is 3.47. The molecule has 10 heteroatoms. The van der Waals surface area contributed by atoms with E-state index in [1.54, 1.807) is 23.4 Å². The number of benzene rings is 3. The fraction of sp³-hybridized carbons (Fsp3) is 0.273. The molecular formula is C33H32FN5O4. The van der Waals surface area contributed by atoms with Crippen LogP contribution in [0.4, 0.5) is 10.2 Å². The number of nitrogens with one attached hydrogen (secondary N) is 2. The lowest BCUT2D eigenvalue weighted by Crippen LogP contribution is -2.48. The number of hydrogen-bond donors (Lipinski definition) is 3. The molecule has 0 radical (unpaired) electrons. The molecule has 1 fully saturated rings. The Morgan fingerprint density at radius 1 is 1.00 bits per heavy atom. The molecule has 43 heavy (non-hydrogen) atoms. The molecule has 0 aliphatic carbocycles. The van der Waals surface area contributed by atoms with E-state index in [-0.39, 0.29) is 29.9 Å². The predicted octanol–water partition coefficient (Wildman–Crippen LogP) is 5.11. The first-order valence-electron chi connectivity index (χ1n) is 14.2. The highest BCUT2D eigenvalue weighted by Gasteiger charge is 2.43. The quantitative estimate of drug-likeness (QED) is 0.261. The van der Waals surface area contributed by atoms with Gasteiger partial charge in [-0.1, -0.05) is 48.5 Å². The van der Waals surface area contributed by atoms with Crippen LogP contribution >= 0.6 is 0 Å². The minimum atomic E-state index is -0.749. The van der Waals surface area contributed by atoms with Crippen molar-refractivity contribution in [3.05, 3.63) is 89.4 Å². The van der Waals surface area contributed by atoms with Gasteiger partial charge in [-0.3, -0.25) is 14.6 Å². The van der Waals surface area contributed by atoms with Crippen LogP contribution in [0.2, 0.25) is 0 Å². The van der Waals surface area contributed by atoms with E-state index in [4.69, 9.17) is 4.74 Å². The normalized spacial score (nSPS) is 15.4. The van der Waals surface area contributed by atoms with Crippen LogP contribution in [0.15, 0.2) is 71.7 Å². The molecule has 0 spiro atoms. The van der Waals surface area contributed by atoms with Crippen LogP contribution in [0.3, 0.4) is 0 Å². The van der Waals surface area contributed by atoms with Crippen LogP contribution in [-0.2, 0) is 33.7 Å². The first-order chi connectivity index (χ1) is 20.8. The molecule has 4 aromatic rings. The number of aromatic hydroxyl groups is 1. The van der Waals surface area contributed by atoms with E-state index in [1.165, 1.54) is 19.2 Å². The van der Waals surface area contributed by atoms with Gasteiger partial charge in [0.05, 0.1) is 43.1 Å². The number of ether oxygens (including phenoxy) is 1. The van der Waals surface area contributed by atoms with Crippen molar-refractivity contribution in [2.24, 2.45) is 10.4 Å². The number of methoxy groups -OCH3 is 1. The summed E-state index contributed by atoms with van der Waals surface area (Å²) >= 11 is 0. The summed E-state index contributed by atoms with van der Waals surface area (Å²) in [5.74, 6) is 0.722. The molecule has 2 aliphatic heterocycles. The summed E-state index contributed by atoms with van der Waals surface area (Å²) in [4.78, 5) is 39.8. The van der Waals surface area contributed by atoms with E-state index < -0.39 is 5.41 Å². The van der Waals surface area contributed by atoms with Gasteiger partial charge in [0.2, 0.25) is 5.91 Å². The number of rotatable bonds is 7. The van der Waals surface area contributed by atoms with Gasteiger partial charge in [0.1, 0.15) is 17.4 Å². The van der Waals surface area contributed by atoms with Crippen molar-refractivity contribution in [3.63, 3.8) is 0 Å². The summed E-state index contributed by atoms with van der Waals surface area (Å²) in [6.45, 7) is 1.37. The summed E-state index contributed by atoms with van der Waals surface area (Å²) in [5, 5.41) is 14.1. The number of aliphatic imine (C=N–C) groups is 1. The molecule has 1 aromatic heterocycles. The number of carbonyl (C=O) groups is 2. The number of phenols is 1. The highest BCUT2D eigenvalue weighted by molar-refractivity contribution is 5.84. The van der Waals surface area contributed by atoms with Crippen molar-refractivity contribution >= 4 is 24.0 Å². The maximum atomic E-state index is 13.4. The monoisotopic (exact) mass is 581 g/mol. The van der Waals surface area contributed by atoms with Crippen LogP contribution < -0.4 is 5.32 Å². The van der Waals surface area contributed by atoms with Crippen molar-refractivity contribution in [2.75, 3.05) is 25.5 Å². The molecule has 6 rings (SSSR count). The first-order valence-corrected chi connectivity index (χ1v) is 14.2. The van der Waals surface area contributed by atoms with Gasteiger partial charge in [0.25, 0.3) is 0 Å². The third-order valence-electron chi connectivity index (χ3n) is 8.38. The Labute approximate surface area is 248 Å². The van der Waals surface area contributed by atoms with Crippen molar-refractivity contribution in [1.82, 2.24) is 14.9 Å².